The minimum absolute atomic E-state index is 0.0705. The molecule has 1 aliphatic rings. The summed E-state index contributed by atoms with van der Waals surface area (Å²) < 4.78 is 27.0. The number of sulfonamides is 1. The molecule has 0 aliphatic carbocycles. The summed E-state index contributed by atoms with van der Waals surface area (Å²) in [5.74, 6) is 0. The molecule has 3 N–H and O–H groups in total. The van der Waals surface area contributed by atoms with Gasteiger partial charge in [0.2, 0.25) is 10.0 Å². The number of nitrogens with one attached hydrogen (secondary N) is 2. The summed E-state index contributed by atoms with van der Waals surface area (Å²) in [5, 5.41) is 15.5. The van der Waals surface area contributed by atoms with Gasteiger partial charge in [0.15, 0.2) is 0 Å². The molecule has 1 saturated heterocycles. The molecule has 20 heavy (non-hydrogen) atoms. The first-order valence-electron chi connectivity index (χ1n) is 6.91. The molecule has 8 heteroatoms. The fraction of sp³-hybridized carbons (Fsp3) is 0.750. The summed E-state index contributed by atoms with van der Waals surface area (Å²) >= 11 is 0. The molecule has 0 atom stereocenters. The highest BCUT2D eigenvalue weighted by Gasteiger charge is 2.23. The number of aliphatic hydroxyl groups excluding tert-OH is 1. The molecule has 114 valence electrons. The van der Waals surface area contributed by atoms with Crippen molar-refractivity contribution in [2.24, 2.45) is 0 Å². The van der Waals surface area contributed by atoms with Gasteiger partial charge in [-0.1, -0.05) is 0 Å². The van der Waals surface area contributed by atoms with Gasteiger partial charge in [-0.05, 0) is 45.8 Å². The summed E-state index contributed by atoms with van der Waals surface area (Å²) in [6.45, 7) is 4.78. The summed E-state index contributed by atoms with van der Waals surface area (Å²) in [5.41, 5.74) is 0.607. The lowest BCUT2D eigenvalue weighted by molar-refractivity contribution is 0.273. The van der Waals surface area contributed by atoms with Crippen molar-refractivity contribution in [3.63, 3.8) is 0 Å². The second-order valence-electron chi connectivity index (χ2n) is 5.08. The van der Waals surface area contributed by atoms with Gasteiger partial charge in [-0.3, -0.25) is 5.10 Å². The first-order valence-corrected chi connectivity index (χ1v) is 8.39. The normalized spacial score (nSPS) is 16.9. The quantitative estimate of drug-likeness (QED) is 0.615. The Labute approximate surface area is 119 Å². The molecule has 0 spiro atoms. The van der Waals surface area contributed by atoms with Crippen molar-refractivity contribution >= 4 is 10.0 Å². The number of hydrogen-bond acceptors (Lipinski definition) is 5. The Balaban J connectivity index is 1.88. The van der Waals surface area contributed by atoms with E-state index in [1.54, 1.807) is 6.92 Å². The SMILES string of the molecule is Cc1[nH]nc(CO)c1S(=O)(=O)NCCCN1CCCC1. The van der Waals surface area contributed by atoms with E-state index < -0.39 is 16.6 Å². The molecule has 1 aromatic rings. The lowest BCUT2D eigenvalue weighted by Gasteiger charge is -2.14. The largest absolute Gasteiger partial charge is 0.390 e. The topological polar surface area (TPSA) is 98.3 Å². The van der Waals surface area contributed by atoms with Crippen molar-refractivity contribution in [1.29, 1.82) is 0 Å². The van der Waals surface area contributed by atoms with Gasteiger partial charge in [0.05, 0.1) is 12.3 Å². The zero-order valence-corrected chi connectivity index (χ0v) is 12.5. The summed E-state index contributed by atoms with van der Waals surface area (Å²) in [6.07, 6.45) is 3.25. The van der Waals surface area contributed by atoms with Crippen LogP contribution in [0.15, 0.2) is 4.90 Å². The maximum Gasteiger partial charge on any atom is 0.244 e. The predicted molar refractivity (Wildman–Crippen MR) is 74.7 cm³/mol. The third-order valence-electron chi connectivity index (χ3n) is 3.52. The van der Waals surface area contributed by atoms with Crippen LogP contribution in [-0.2, 0) is 16.6 Å². The molecule has 2 rings (SSSR count). The first-order chi connectivity index (χ1) is 9.54. The Morgan fingerprint density at radius 3 is 2.75 bits per heavy atom. The van der Waals surface area contributed by atoms with Gasteiger partial charge in [-0.15, -0.1) is 0 Å². The minimum Gasteiger partial charge on any atom is -0.390 e. The van der Waals surface area contributed by atoms with Crippen molar-refractivity contribution < 1.29 is 13.5 Å². The number of aryl methyl sites for hydroxylation is 1. The van der Waals surface area contributed by atoms with Crippen LogP contribution in [0.5, 0.6) is 0 Å². The van der Waals surface area contributed by atoms with Crippen LogP contribution >= 0.6 is 0 Å². The van der Waals surface area contributed by atoms with Gasteiger partial charge in [0.25, 0.3) is 0 Å². The van der Waals surface area contributed by atoms with Gasteiger partial charge in [0, 0.05) is 6.54 Å². The molecule has 2 heterocycles. The van der Waals surface area contributed by atoms with Crippen LogP contribution in [-0.4, -0.2) is 54.8 Å². The maximum atomic E-state index is 12.2. The fourth-order valence-electron chi connectivity index (χ4n) is 2.52. The Hall–Kier alpha value is -0.960. The van der Waals surface area contributed by atoms with Crippen LogP contribution in [0.3, 0.4) is 0 Å². The Morgan fingerprint density at radius 1 is 1.40 bits per heavy atom. The van der Waals surface area contributed by atoms with E-state index in [9.17, 15) is 8.42 Å². The van der Waals surface area contributed by atoms with Crippen LogP contribution in [0.1, 0.15) is 30.7 Å². The third-order valence-corrected chi connectivity index (χ3v) is 5.19. The average molecular weight is 302 g/mol. The molecule has 0 unspecified atom stereocenters. The molecular weight excluding hydrogens is 280 g/mol. The van der Waals surface area contributed by atoms with Gasteiger partial charge < -0.3 is 10.0 Å². The molecular formula is C12H22N4O3S. The number of aliphatic hydroxyl groups is 1. The number of H-pyrrole nitrogens is 1. The number of likely N-dealkylation sites (tertiary alicyclic amines) is 1. The maximum absolute atomic E-state index is 12.2. The third kappa shape index (κ3) is 3.57. The molecule has 1 aromatic heterocycles. The Bertz CT molecular complexity index is 535. The van der Waals surface area contributed by atoms with E-state index >= 15 is 0 Å². The molecule has 1 fully saturated rings. The van der Waals surface area contributed by atoms with E-state index in [2.05, 4.69) is 19.8 Å². The fourth-order valence-corrected chi connectivity index (χ4v) is 3.95. The monoisotopic (exact) mass is 302 g/mol. The number of hydrogen-bond donors (Lipinski definition) is 3. The molecule has 7 nitrogen and oxygen atoms in total. The van der Waals surface area contributed by atoms with Crippen LogP contribution in [0, 0.1) is 6.92 Å². The van der Waals surface area contributed by atoms with E-state index in [0.717, 1.165) is 26.1 Å². The number of aromatic amines is 1. The Morgan fingerprint density at radius 2 is 2.10 bits per heavy atom. The molecule has 1 aliphatic heterocycles. The molecule has 0 radical (unpaired) electrons. The molecule has 0 amide bonds. The average Bonchev–Trinajstić information content (AvgIpc) is 3.03. The van der Waals surface area contributed by atoms with Crippen molar-refractivity contribution in [2.75, 3.05) is 26.2 Å². The highest BCUT2D eigenvalue weighted by atomic mass is 32.2. The van der Waals surface area contributed by atoms with Crippen molar-refractivity contribution in [3.8, 4) is 0 Å². The standard InChI is InChI=1S/C12H22N4O3S/c1-10-12(11(9-17)15-14-10)20(18,19)13-5-4-8-16-6-2-3-7-16/h13,17H,2-9H2,1H3,(H,14,15). The lowest BCUT2D eigenvalue weighted by Crippen LogP contribution is -2.29. The number of nitrogens with zero attached hydrogens (tertiary/aromatic N) is 2. The summed E-state index contributed by atoms with van der Waals surface area (Å²) in [7, 11) is -3.61. The van der Waals surface area contributed by atoms with Crippen molar-refractivity contribution in [2.45, 2.75) is 37.7 Å². The molecule has 0 saturated carbocycles. The van der Waals surface area contributed by atoms with E-state index in [4.69, 9.17) is 5.11 Å². The highest BCUT2D eigenvalue weighted by Crippen LogP contribution is 2.17. The van der Waals surface area contributed by atoms with Gasteiger partial charge in [-0.2, -0.15) is 5.10 Å². The summed E-state index contributed by atoms with van der Waals surface area (Å²) in [6, 6.07) is 0. The second kappa shape index (κ2) is 6.66. The van der Waals surface area contributed by atoms with Crippen LogP contribution in [0.4, 0.5) is 0 Å². The number of aromatic nitrogens is 2. The van der Waals surface area contributed by atoms with Crippen molar-refractivity contribution in [1.82, 2.24) is 19.8 Å². The van der Waals surface area contributed by atoms with Gasteiger partial charge >= 0.3 is 0 Å². The first kappa shape index (κ1) is 15.4. The second-order valence-corrected chi connectivity index (χ2v) is 6.79. The zero-order valence-electron chi connectivity index (χ0n) is 11.7. The highest BCUT2D eigenvalue weighted by molar-refractivity contribution is 7.89. The summed E-state index contributed by atoms with van der Waals surface area (Å²) in [4.78, 5) is 2.41. The zero-order chi connectivity index (χ0) is 14.6. The van der Waals surface area contributed by atoms with Crippen molar-refractivity contribution in [3.05, 3.63) is 11.4 Å². The van der Waals surface area contributed by atoms with Crippen LogP contribution in [0.2, 0.25) is 0 Å². The lowest BCUT2D eigenvalue weighted by atomic mass is 10.4. The molecule has 0 aromatic carbocycles. The molecule has 0 bridgehead atoms. The van der Waals surface area contributed by atoms with Gasteiger partial charge in [-0.25, -0.2) is 13.1 Å². The van der Waals surface area contributed by atoms with E-state index in [1.165, 1.54) is 12.8 Å². The van der Waals surface area contributed by atoms with E-state index in [1.807, 2.05) is 0 Å². The van der Waals surface area contributed by atoms with E-state index in [-0.39, 0.29) is 10.6 Å². The minimum atomic E-state index is -3.61. The van der Waals surface area contributed by atoms with Gasteiger partial charge in [0.1, 0.15) is 10.6 Å². The Kier molecular flexibility index (Phi) is 5.14. The predicted octanol–water partition coefficient (Wildman–Crippen LogP) is -0.0254. The van der Waals surface area contributed by atoms with Crippen LogP contribution < -0.4 is 4.72 Å². The van der Waals surface area contributed by atoms with E-state index in [0.29, 0.717) is 12.2 Å². The smallest absolute Gasteiger partial charge is 0.244 e. The number of rotatable bonds is 7. The van der Waals surface area contributed by atoms with Crippen LogP contribution in [0.25, 0.3) is 0 Å².